The van der Waals surface area contributed by atoms with Crippen LogP contribution in [0.15, 0.2) is 48.6 Å². The number of nitrogens with one attached hydrogen (secondary N) is 1. The first kappa shape index (κ1) is 44.5. The molecule has 0 aliphatic carbocycles. The first-order chi connectivity index (χ1) is 22.0. The number of carbonyl (C=O) groups is 1. The average molecular weight is 669 g/mol. The van der Waals surface area contributed by atoms with Crippen molar-refractivity contribution in [1.29, 1.82) is 0 Å². The number of aliphatic hydroxyl groups excluding tert-OH is 1. The summed E-state index contributed by atoms with van der Waals surface area (Å²) in [5.41, 5.74) is 0. The smallest absolute Gasteiger partial charge is 0.268 e. The van der Waals surface area contributed by atoms with Crippen LogP contribution in [0.3, 0.4) is 0 Å². The standard InChI is InChI=1S/C37H69N2O6P/c1-6-8-10-12-14-16-17-18-19-20-21-23-25-27-29-31-37(41)38-35(34-45-46(42,43)44-33-32-39(3,4)5)36(40)30-28-26-24-22-15-13-11-9-7-2/h14-16,18-19,22,28,30,35-36,40H,6-13,17,20-21,23-27,29,31-34H2,1-5H3,(H-,38,41,42,43)/b16-14-,19-18-,22-15+,30-28+. The maximum Gasteiger partial charge on any atom is 0.268 e. The molecular weight excluding hydrogens is 599 g/mol. The molecule has 8 nitrogen and oxygen atoms in total. The van der Waals surface area contributed by atoms with Crippen LogP contribution in [0, 0.1) is 0 Å². The second-order valence-electron chi connectivity index (χ2n) is 13.2. The van der Waals surface area contributed by atoms with Crippen LogP contribution in [0.4, 0.5) is 0 Å². The van der Waals surface area contributed by atoms with E-state index in [1.807, 2.05) is 27.2 Å². The van der Waals surface area contributed by atoms with Gasteiger partial charge >= 0.3 is 0 Å². The Kier molecular flexibility index (Phi) is 28.6. The number of nitrogens with zero attached hydrogens (tertiary/aromatic N) is 1. The van der Waals surface area contributed by atoms with Crippen molar-refractivity contribution in [3.05, 3.63) is 48.6 Å². The number of carbonyl (C=O) groups excluding carboxylic acids is 1. The minimum atomic E-state index is -4.59. The molecule has 0 fully saturated rings. The SMILES string of the molecule is CCCCC/C=C\C/C=C\CCCCCCCC(=O)NC(COP(=O)([O-])OCC[N+](C)(C)C)C(O)/C=C/CC/C=C/CCCCC. The van der Waals surface area contributed by atoms with Gasteiger partial charge in [-0.1, -0.05) is 107 Å². The second-order valence-corrected chi connectivity index (χ2v) is 14.6. The molecule has 1 amide bonds. The van der Waals surface area contributed by atoms with E-state index in [1.165, 1.54) is 44.9 Å². The van der Waals surface area contributed by atoms with Gasteiger partial charge in [0.1, 0.15) is 13.2 Å². The lowest BCUT2D eigenvalue weighted by Gasteiger charge is -2.29. The largest absolute Gasteiger partial charge is 0.756 e. The summed E-state index contributed by atoms with van der Waals surface area (Å²) in [4.78, 5) is 25.0. The summed E-state index contributed by atoms with van der Waals surface area (Å²) in [6, 6.07) is -0.907. The maximum atomic E-state index is 12.7. The molecule has 0 aliphatic heterocycles. The highest BCUT2D eigenvalue weighted by Gasteiger charge is 2.23. The summed E-state index contributed by atoms with van der Waals surface area (Å²) in [5.74, 6) is -0.228. The number of quaternary nitrogens is 1. The Morgan fingerprint density at radius 1 is 0.761 bits per heavy atom. The number of allylic oxidation sites excluding steroid dienone is 7. The minimum absolute atomic E-state index is 0.0114. The number of hydrogen-bond donors (Lipinski definition) is 2. The first-order valence-corrected chi connectivity index (χ1v) is 19.5. The molecule has 3 unspecified atom stereocenters. The van der Waals surface area contributed by atoms with Crippen molar-refractivity contribution in [3.8, 4) is 0 Å². The van der Waals surface area contributed by atoms with E-state index in [1.54, 1.807) is 6.08 Å². The zero-order valence-electron chi connectivity index (χ0n) is 30.0. The average Bonchev–Trinajstić information content (AvgIpc) is 2.99. The van der Waals surface area contributed by atoms with E-state index in [-0.39, 0.29) is 12.5 Å². The Balaban J connectivity index is 4.59. The molecule has 2 N–H and O–H groups in total. The van der Waals surface area contributed by atoms with E-state index < -0.39 is 26.6 Å². The molecule has 268 valence electrons. The lowest BCUT2D eigenvalue weighted by molar-refractivity contribution is -0.870. The number of aliphatic hydroxyl groups is 1. The third-order valence-electron chi connectivity index (χ3n) is 7.51. The second kappa shape index (κ2) is 29.6. The van der Waals surface area contributed by atoms with Gasteiger partial charge in [-0.3, -0.25) is 9.36 Å². The molecule has 0 saturated heterocycles. The Labute approximate surface area is 282 Å². The number of unbranched alkanes of at least 4 members (excludes halogenated alkanes) is 12. The summed E-state index contributed by atoms with van der Waals surface area (Å²) in [6.45, 7) is 4.49. The molecule has 0 rings (SSSR count). The normalized spacial score (nSPS) is 15.4. The van der Waals surface area contributed by atoms with E-state index in [4.69, 9.17) is 9.05 Å². The first-order valence-electron chi connectivity index (χ1n) is 18.0. The number of amides is 1. The molecule has 0 spiro atoms. The Bertz CT molecular complexity index is 897. The molecule has 0 aromatic heterocycles. The quantitative estimate of drug-likeness (QED) is 0.0333. The van der Waals surface area contributed by atoms with Crippen LogP contribution in [0.25, 0.3) is 0 Å². The fourth-order valence-corrected chi connectivity index (χ4v) is 5.27. The van der Waals surface area contributed by atoms with E-state index >= 15 is 0 Å². The van der Waals surface area contributed by atoms with E-state index in [9.17, 15) is 19.4 Å². The van der Waals surface area contributed by atoms with Gasteiger partial charge in [-0.2, -0.15) is 0 Å². The van der Waals surface area contributed by atoms with Crippen LogP contribution in [0.5, 0.6) is 0 Å². The fraction of sp³-hybridized carbons (Fsp3) is 0.757. The van der Waals surface area contributed by atoms with Gasteiger partial charge in [0, 0.05) is 6.42 Å². The van der Waals surface area contributed by atoms with E-state index in [2.05, 4.69) is 55.6 Å². The van der Waals surface area contributed by atoms with Crippen molar-refractivity contribution in [2.45, 2.75) is 142 Å². The zero-order valence-corrected chi connectivity index (χ0v) is 30.9. The van der Waals surface area contributed by atoms with Crippen LogP contribution in [0.1, 0.15) is 129 Å². The van der Waals surface area contributed by atoms with Crippen LogP contribution in [0.2, 0.25) is 0 Å². The van der Waals surface area contributed by atoms with Gasteiger partial charge < -0.3 is 28.8 Å². The summed E-state index contributed by atoms with van der Waals surface area (Å²) in [7, 11) is 1.22. The molecule has 0 aliphatic rings. The van der Waals surface area contributed by atoms with E-state index in [0.717, 1.165) is 64.2 Å². The minimum Gasteiger partial charge on any atom is -0.756 e. The molecule has 0 radical (unpaired) electrons. The summed E-state index contributed by atoms with van der Waals surface area (Å²) in [6.07, 6.45) is 34.5. The van der Waals surface area contributed by atoms with Crippen LogP contribution in [-0.2, 0) is 18.4 Å². The van der Waals surface area contributed by atoms with Crippen molar-refractivity contribution in [2.24, 2.45) is 0 Å². The van der Waals surface area contributed by atoms with Gasteiger partial charge in [0.25, 0.3) is 7.82 Å². The molecule has 0 heterocycles. The Hall–Kier alpha value is -1.54. The van der Waals surface area contributed by atoms with Crippen molar-refractivity contribution < 1.29 is 32.9 Å². The fourth-order valence-electron chi connectivity index (χ4n) is 4.55. The summed E-state index contributed by atoms with van der Waals surface area (Å²) >= 11 is 0. The molecule has 0 aromatic carbocycles. The Morgan fingerprint density at radius 3 is 1.89 bits per heavy atom. The molecule has 0 aromatic rings. The predicted molar refractivity (Wildman–Crippen MR) is 191 cm³/mol. The van der Waals surface area contributed by atoms with Crippen molar-refractivity contribution in [2.75, 3.05) is 40.9 Å². The van der Waals surface area contributed by atoms with Gasteiger partial charge in [-0.05, 0) is 64.2 Å². The molecule has 46 heavy (non-hydrogen) atoms. The van der Waals surface area contributed by atoms with Crippen molar-refractivity contribution >= 4 is 13.7 Å². The monoisotopic (exact) mass is 668 g/mol. The summed E-state index contributed by atoms with van der Waals surface area (Å²) < 4.78 is 23.0. The highest BCUT2D eigenvalue weighted by molar-refractivity contribution is 7.45. The lowest BCUT2D eigenvalue weighted by Crippen LogP contribution is -2.45. The van der Waals surface area contributed by atoms with Gasteiger partial charge in [-0.15, -0.1) is 0 Å². The number of hydrogen-bond acceptors (Lipinski definition) is 6. The number of phosphoric acid groups is 1. The number of likely N-dealkylation sites (N-methyl/N-ethyl adjacent to an activating group) is 1. The number of phosphoric ester groups is 1. The molecule has 0 saturated carbocycles. The highest BCUT2D eigenvalue weighted by Crippen LogP contribution is 2.38. The third kappa shape index (κ3) is 31.1. The van der Waals surface area contributed by atoms with Gasteiger partial charge in [-0.25, -0.2) is 0 Å². The summed E-state index contributed by atoms with van der Waals surface area (Å²) in [5, 5.41) is 13.6. The Morgan fingerprint density at radius 2 is 1.28 bits per heavy atom. The van der Waals surface area contributed by atoms with E-state index in [0.29, 0.717) is 17.4 Å². The maximum absolute atomic E-state index is 12.7. The van der Waals surface area contributed by atoms with Crippen LogP contribution in [-0.4, -0.2) is 68.5 Å². The predicted octanol–water partition coefficient (Wildman–Crippen LogP) is 8.33. The zero-order chi connectivity index (χ0) is 34.4. The molecule has 9 heteroatoms. The molecule has 0 bridgehead atoms. The topological polar surface area (TPSA) is 108 Å². The molecule has 3 atom stereocenters. The third-order valence-corrected chi connectivity index (χ3v) is 8.48. The van der Waals surface area contributed by atoms with Crippen LogP contribution < -0.4 is 10.2 Å². The van der Waals surface area contributed by atoms with Gasteiger partial charge in [0.15, 0.2) is 0 Å². The molecular formula is C37H69N2O6P. The van der Waals surface area contributed by atoms with Gasteiger partial charge in [0.2, 0.25) is 5.91 Å². The van der Waals surface area contributed by atoms with Gasteiger partial charge in [0.05, 0.1) is 39.9 Å². The van der Waals surface area contributed by atoms with Crippen molar-refractivity contribution in [1.82, 2.24) is 5.32 Å². The van der Waals surface area contributed by atoms with Crippen LogP contribution >= 0.6 is 7.82 Å². The highest BCUT2D eigenvalue weighted by atomic mass is 31.2. The number of rotatable bonds is 31. The van der Waals surface area contributed by atoms with Crippen molar-refractivity contribution in [3.63, 3.8) is 0 Å². The lowest BCUT2D eigenvalue weighted by atomic mass is 10.1.